The summed E-state index contributed by atoms with van der Waals surface area (Å²) >= 11 is 4.58. The molecule has 1 amide bonds. The van der Waals surface area contributed by atoms with E-state index in [1.54, 1.807) is 0 Å². The van der Waals surface area contributed by atoms with Crippen molar-refractivity contribution in [3.63, 3.8) is 0 Å². The number of carbonyl (C=O) groups is 1. The summed E-state index contributed by atoms with van der Waals surface area (Å²) in [6.07, 6.45) is 0. The minimum Gasteiger partial charge on any atom is -0.494 e. The normalized spacial score (nSPS) is 10.6. The Morgan fingerprint density at radius 3 is 2.78 bits per heavy atom. The molecule has 7 nitrogen and oxygen atoms in total. The van der Waals surface area contributed by atoms with Gasteiger partial charge in [-0.15, -0.1) is 10.2 Å². The molecule has 1 aromatic heterocycles. The number of hydrogen-bond acceptors (Lipinski definition) is 6. The summed E-state index contributed by atoms with van der Waals surface area (Å²) in [6, 6.07) is 14.8. The number of anilines is 1. The largest absolute Gasteiger partial charge is 0.494 e. The lowest BCUT2D eigenvalue weighted by atomic mass is 10.2. The third-order valence-electron chi connectivity index (χ3n) is 3.53. The van der Waals surface area contributed by atoms with Gasteiger partial charge < -0.3 is 15.9 Å². The van der Waals surface area contributed by atoms with Crippen LogP contribution in [0.3, 0.4) is 0 Å². The Hall–Kier alpha value is -2.52. The molecule has 0 spiro atoms. The van der Waals surface area contributed by atoms with Gasteiger partial charge in [-0.1, -0.05) is 39.8 Å². The van der Waals surface area contributed by atoms with E-state index in [0.717, 1.165) is 21.5 Å². The lowest BCUT2D eigenvalue weighted by Gasteiger charge is -2.07. The average molecular weight is 448 g/mol. The highest BCUT2D eigenvalue weighted by Crippen LogP contribution is 2.25. The van der Waals surface area contributed by atoms with E-state index >= 15 is 0 Å². The fourth-order valence-electron chi connectivity index (χ4n) is 2.32. The molecule has 3 aromatic rings. The Bertz CT molecular complexity index is 930. The van der Waals surface area contributed by atoms with E-state index < -0.39 is 0 Å². The molecule has 27 heavy (non-hydrogen) atoms. The van der Waals surface area contributed by atoms with Crippen LogP contribution in [-0.2, 0) is 4.79 Å². The van der Waals surface area contributed by atoms with E-state index in [1.165, 1.54) is 16.4 Å². The van der Waals surface area contributed by atoms with Crippen molar-refractivity contribution < 1.29 is 9.53 Å². The summed E-state index contributed by atoms with van der Waals surface area (Å²) < 4.78 is 7.83. The Balaban J connectivity index is 1.64. The lowest BCUT2D eigenvalue weighted by molar-refractivity contribution is -0.113. The van der Waals surface area contributed by atoms with Crippen molar-refractivity contribution in [2.45, 2.75) is 12.1 Å². The maximum absolute atomic E-state index is 12.1. The molecule has 0 aliphatic carbocycles. The number of carbonyl (C=O) groups excluding carboxylic acids is 1. The molecule has 140 valence electrons. The van der Waals surface area contributed by atoms with Crippen LogP contribution in [0.5, 0.6) is 5.75 Å². The standard InChI is InChI=1S/C18H18BrN5O2S/c1-2-26-15-5-3-4-12(10-15)17-22-23-18(24(17)20)27-11-16(25)21-14-8-6-13(19)7-9-14/h3-10H,2,11,20H2,1H3,(H,21,25). The molecule has 0 bridgehead atoms. The van der Waals surface area contributed by atoms with E-state index in [-0.39, 0.29) is 11.7 Å². The molecular formula is C18H18BrN5O2S. The first-order valence-electron chi connectivity index (χ1n) is 8.18. The number of aromatic nitrogens is 3. The van der Waals surface area contributed by atoms with E-state index in [0.29, 0.717) is 17.6 Å². The van der Waals surface area contributed by atoms with Gasteiger partial charge in [0.1, 0.15) is 5.75 Å². The minimum atomic E-state index is -0.148. The lowest BCUT2D eigenvalue weighted by Crippen LogP contribution is -2.16. The molecule has 0 aliphatic rings. The van der Waals surface area contributed by atoms with Crippen molar-refractivity contribution in [3.05, 3.63) is 53.0 Å². The van der Waals surface area contributed by atoms with Crippen LogP contribution in [0.2, 0.25) is 0 Å². The van der Waals surface area contributed by atoms with Crippen LogP contribution < -0.4 is 15.9 Å². The third-order valence-corrected chi connectivity index (χ3v) is 5.00. The number of hydrogen-bond donors (Lipinski definition) is 2. The van der Waals surface area contributed by atoms with E-state index in [4.69, 9.17) is 10.6 Å². The second-order valence-electron chi connectivity index (χ2n) is 5.48. The number of ether oxygens (including phenoxy) is 1. The minimum absolute atomic E-state index is 0.148. The predicted molar refractivity (Wildman–Crippen MR) is 110 cm³/mol. The summed E-state index contributed by atoms with van der Waals surface area (Å²) in [5.41, 5.74) is 1.52. The van der Waals surface area contributed by atoms with Crippen LogP contribution in [0, 0.1) is 0 Å². The molecule has 3 N–H and O–H groups in total. The van der Waals surface area contributed by atoms with Gasteiger partial charge >= 0.3 is 0 Å². The van der Waals surface area contributed by atoms with Gasteiger partial charge in [-0.2, -0.15) is 0 Å². The van der Waals surface area contributed by atoms with Crippen molar-refractivity contribution >= 4 is 39.3 Å². The molecule has 3 rings (SSSR count). The van der Waals surface area contributed by atoms with Crippen molar-refractivity contribution in [3.8, 4) is 17.1 Å². The van der Waals surface area contributed by atoms with E-state index in [2.05, 4.69) is 31.4 Å². The number of nitrogen functional groups attached to an aromatic ring is 1. The highest BCUT2D eigenvalue weighted by molar-refractivity contribution is 9.10. The quantitative estimate of drug-likeness (QED) is 0.424. The first-order chi connectivity index (χ1) is 13.1. The van der Waals surface area contributed by atoms with Crippen LogP contribution in [-0.4, -0.2) is 33.1 Å². The van der Waals surface area contributed by atoms with Gasteiger partial charge in [-0.25, -0.2) is 4.68 Å². The smallest absolute Gasteiger partial charge is 0.234 e. The number of nitrogens with one attached hydrogen (secondary N) is 1. The molecule has 0 saturated heterocycles. The topological polar surface area (TPSA) is 95.1 Å². The summed E-state index contributed by atoms with van der Waals surface area (Å²) in [7, 11) is 0. The van der Waals surface area contributed by atoms with Crippen LogP contribution >= 0.6 is 27.7 Å². The Labute approximate surface area is 169 Å². The summed E-state index contributed by atoms with van der Waals surface area (Å²) in [5, 5.41) is 11.5. The number of amides is 1. The molecule has 0 fully saturated rings. The van der Waals surface area contributed by atoms with Crippen molar-refractivity contribution in [1.82, 2.24) is 14.9 Å². The molecule has 2 aromatic carbocycles. The number of nitrogens with two attached hydrogens (primary N) is 1. The second-order valence-corrected chi connectivity index (χ2v) is 7.34. The fourth-order valence-corrected chi connectivity index (χ4v) is 3.25. The first kappa shape index (κ1) is 19.2. The van der Waals surface area contributed by atoms with Gasteiger partial charge in [0.25, 0.3) is 0 Å². The maximum Gasteiger partial charge on any atom is 0.234 e. The van der Waals surface area contributed by atoms with Crippen molar-refractivity contribution in [2.24, 2.45) is 0 Å². The van der Waals surface area contributed by atoms with Crippen molar-refractivity contribution in [2.75, 3.05) is 23.5 Å². The predicted octanol–water partition coefficient (Wildman–Crippen LogP) is 3.55. The molecule has 0 saturated carbocycles. The third kappa shape index (κ3) is 5.01. The summed E-state index contributed by atoms with van der Waals surface area (Å²) in [6.45, 7) is 2.50. The van der Waals surface area contributed by atoms with Gasteiger partial charge in [0, 0.05) is 15.7 Å². The summed E-state index contributed by atoms with van der Waals surface area (Å²) in [5.74, 6) is 7.37. The average Bonchev–Trinajstić information content (AvgIpc) is 3.03. The second kappa shape index (κ2) is 8.92. The summed E-state index contributed by atoms with van der Waals surface area (Å²) in [4.78, 5) is 12.1. The number of nitrogens with zero attached hydrogens (tertiary/aromatic N) is 3. The van der Waals surface area contributed by atoms with E-state index in [9.17, 15) is 4.79 Å². The molecule has 0 unspecified atom stereocenters. The zero-order valence-electron chi connectivity index (χ0n) is 14.6. The first-order valence-corrected chi connectivity index (χ1v) is 9.96. The van der Waals surface area contributed by atoms with Gasteiger partial charge in [-0.3, -0.25) is 4.79 Å². The van der Waals surface area contributed by atoms with Crippen LogP contribution in [0.15, 0.2) is 58.2 Å². The van der Waals surface area contributed by atoms with Crippen molar-refractivity contribution in [1.29, 1.82) is 0 Å². The van der Waals surface area contributed by atoms with Crippen LogP contribution in [0.25, 0.3) is 11.4 Å². The molecule has 0 radical (unpaired) electrons. The highest BCUT2D eigenvalue weighted by Gasteiger charge is 2.14. The van der Waals surface area contributed by atoms with Gasteiger partial charge in [0.2, 0.25) is 11.1 Å². The number of benzene rings is 2. The molecule has 0 atom stereocenters. The Morgan fingerprint density at radius 1 is 1.26 bits per heavy atom. The Kier molecular flexibility index (Phi) is 6.36. The molecular weight excluding hydrogens is 430 g/mol. The van der Waals surface area contributed by atoms with Crippen LogP contribution in [0.1, 0.15) is 6.92 Å². The van der Waals surface area contributed by atoms with Gasteiger partial charge in [-0.05, 0) is 43.3 Å². The molecule has 9 heteroatoms. The monoisotopic (exact) mass is 447 g/mol. The zero-order chi connectivity index (χ0) is 19.2. The maximum atomic E-state index is 12.1. The molecule has 0 aliphatic heterocycles. The fraction of sp³-hybridized carbons (Fsp3) is 0.167. The number of halogens is 1. The van der Waals surface area contributed by atoms with Gasteiger partial charge in [0.05, 0.1) is 12.4 Å². The molecule has 1 heterocycles. The van der Waals surface area contributed by atoms with Crippen LogP contribution in [0.4, 0.5) is 5.69 Å². The zero-order valence-corrected chi connectivity index (χ0v) is 17.0. The number of rotatable bonds is 7. The van der Waals surface area contributed by atoms with Gasteiger partial charge in [0.15, 0.2) is 5.82 Å². The SMILES string of the molecule is CCOc1cccc(-c2nnc(SCC(=O)Nc3ccc(Br)cc3)n2N)c1. The Morgan fingerprint density at radius 2 is 2.04 bits per heavy atom. The number of thioether (sulfide) groups is 1. The van der Waals surface area contributed by atoms with E-state index in [1.807, 2.05) is 55.5 Å². The highest BCUT2D eigenvalue weighted by atomic mass is 79.9.